The SMILES string of the molecule is Cc1cc(O)c2c(c1)[N+](Cc1ccc(C(=O)O)cc1)([C@H]1CN3CCC1CC3)C(=O)O2. The van der Waals surface area contributed by atoms with E-state index in [4.69, 9.17) is 4.74 Å². The van der Waals surface area contributed by atoms with Gasteiger partial charge in [0.25, 0.3) is 0 Å². The summed E-state index contributed by atoms with van der Waals surface area (Å²) in [6.45, 7) is 5.17. The van der Waals surface area contributed by atoms with E-state index in [-0.39, 0.29) is 33.7 Å². The minimum absolute atomic E-state index is 0.0121. The smallest absolute Gasteiger partial charge is 0.504 e. The van der Waals surface area contributed by atoms with Crippen molar-refractivity contribution < 1.29 is 24.5 Å². The van der Waals surface area contributed by atoms with Crippen molar-refractivity contribution in [3.63, 3.8) is 0 Å². The predicted molar refractivity (Wildman–Crippen MR) is 111 cm³/mol. The molecule has 0 saturated carbocycles. The van der Waals surface area contributed by atoms with Gasteiger partial charge in [0.05, 0.1) is 12.1 Å². The third-order valence-corrected chi connectivity index (χ3v) is 6.96. The fraction of sp³-hybridized carbons (Fsp3) is 0.391. The third kappa shape index (κ3) is 2.80. The summed E-state index contributed by atoms with van der Waals surface area (Å²) >= 11 is 0. The molecule has 6 rings (SSSR count). The Morgan fingerprint density at radius 3 is 2.50 bits per heavy atom. The first kappa shape index (κ1) is 19.1. The molecule has 1 amide bonds. The van der Waals surface area contributed by atoms with Gasteiger partial charge < -0.3 is 14.9 Å². The number of aromatic hydroxyl groups is 1. The molecule has 2 aromatic carbocycles. The molecule has 2 atom stereocenters. The van der Waals surface area contributed by atoms with Crippen molar-refractivity contribution >= 4 is 17.7 Å². The maximum atomic E-state index is 13.5. The van der Waals surface area contributed by atoms with Crippen LogP contribution in [0.2, 0.25) is 0 Å². The van der Waals surface area contributed by atoms with E-state index in [9.17, 15) is 19.8 Å². The van der Waals surface area contributed by atoms with Crippen LogP contribution in [-0.2, 0) is 6.54 Å². The summed E-state index contributed by atoms with van der Waals surface area (Å²) in [5.74, 6) is -0.339. The zero-order valence-corrected chi connectivity index (χ0v) is 16.9. The standard InChI is InChI=1S/C23H24N2O5/c1-14-10-18-21(20(26)11-14)30-23(29)25(18,19-12-24-8-6-16(19)7-9-24)13-15-2-4-17(5-3-15)22(27)28/h2-5,10-11,16,19H,6-9,12-13H2,1H3,(H-,26,27,28)/p+1/t19-,25?/m0/s1. The van der Waals surface area contributed by atoms with Crippen LogP contribution in [0.4, 0.5) is 10.5 Å². The molecule has 2 N–H and O–H groups in total. The first-order chi connectivity index (χ1) is 14.4. The summed E-state index contributed by atoms with van der Waals surface area (Å²) in [4.78, 5) is 27.1. The highest BCUT2D eigenvalue weighted by molar-refractivity contribution is 5.94. The van der Waals surface area contributed by atoms with Crippen molar-refractivity contribution in [2.75, 3.05) is 19.6 Å². The average molecular weight is 409 g/mol. The number of carbonyl (C=O) groups excluding carboxylic acids is 1. The van der Waals surface area contributed by atoms with E-state index in [2.05, 4.69) is 4.90 Å². The van der Waals surface area contributed by atoms with Crippen LogP contribution in [0.25, 0.3) is 0 Å². The van der Waals surface area contributed by atoms with Crippen LogP contribution in [0.1, 0.15) is 34.3 Å². The molecule has 4 aliphatic rings. The number of hydrogen-bond donors (Lipinski definition) is 2. The second-order valence-electron chi connectivity index (χ2n) is 8.73. The van der Waals surface area contributed by atoms with Crippen molar-refractivity contribution in [3.8, 4) is 11.5 Å². The molecule has 156 valence electrons. The highest BCUT2D eigenvalue weighted by Crippen LogP contribution is 2.52. The van der Waals surface area contributed by atoms with Gasteiger partial charge in [-0.15, -0.1) is 0 Å². The number of quaternary nitrogens is 1. The van der Waals surface area contributed by atoms with Crippen molar-refractivity contribution in [3.05, 3.63) is 53.1 Å². The molecule has 4 aliphatic heterocycles. The molecule has 0 aliphatic carbocycles. The largest absolute Gasteiger partial charge is 0.527 e. The number of rotatable bonds is 4. The van der Waals surface area contributed by atoms with Gasteiger partial charge in [0, 0.05) is 17.5 Å². The molecule has 7 nitrogen and oxygen atoms in total. The summed E-state index contributed by atoms with van der Waals surface area (Å²) < 4.78 is 5.69. The van der Waals surface area contributed by atoms with Crippen LogP contribution < -0.4 is 9.22 Å². The Morgan fingerprint density at radius 2 is 1.90 bits per heavy atom. The number of ether oxygens (including phenoxy) is 1. The van der Waals surface area contributed by atoms with Gasteiger partial charge in [0.1, 0.15) is 12.6 Å². The molecular weight excluding hydrogens is 384 g/mol. The van der Waals surface area contributed by atoms with Crippen LogP contribution in [0.3, 0.4) is 0 Å². The lowest BCUT2D eigenvalue weighted by Crippen LogP contribution is -2.68. The highest BCUT2D eigenvalue weighted by Gasteiger charge is 2.60. The third-order valence-electron chi connectivity index (χ3n) is 6.96. The van der Waals surface area contributed by atoms with Gasteiger partial charge in [-0.2, -0.15) is 9.28 Å². The number of aryl methyl sites for hydroxylation is 1. The minimum Gasteiger partial charge on any atom is -0.504 e. The topological polar surface area (TPSA) is 87.1 Å². The van der Waals surface area contributed by atoms with Crippen LogP contribution in [-0.4, -0.2) is 52.9 Å². The number of carboxylic acid groups (broad SMARTS) is 1. The Morgan fingerprint density at radius 1 is 1.20 bits per heavy atom. The molecule has 0 spiro atoms. The van der Waals surface area contributed by atoms with Crippen LogP contribution >= 0.6 is 0 Å². The van der Waals surface area contributed by atoms with Crippen molar-refractivity contribution in [2.24, 2.45) is 5.92 Å². The fourth-order valence-electron chi connectivity index (χ4n) is 5.46. The summed E-state index contributed by atoms with van der Waals surface area (Å²) in [6.07, 6.45) is 1.72. The van der Waals surface area contributed by atoms with E-state index in [0.717, 1.165) is 43.6 Å². The molecule has 3 saturated heterocycles. The normalized spacial score (nSPS) is 29.5. The van der Waals surface area contributed by atoms with Gasteiger partial charge in [-0.05, 0) is 56.6 Å². The van der Waals surface area contributed by atoms with Crippen LogP contribution in [0.15, 0.2) is 36.4 Å². The zero-order chi connectivity index (χ0) is 21.0. The Labute approximate surface area is 174 Å². The van der Waals surface area contributed by atoms with E-state index in [1.54, 1.807) is 30.3 Å². The minimum atomic E-state index is -0.977. The Kier molecular flexibility index (Phi) is 4.34. The Balaban J connectivity index is 1.64. The second kappa shape index (κ2) is 6.82. The molecule has 2 aromatic rings. The molecule has 1 unspecified atom stereocenters. The summed E-state index contributed by atoms with van der Waals surface area (Å²) in [6, 6.07) is 10.3. The van der Waals surface area contributed by atoms with Gasteiger partial charge in [0.2, 0.25) is 5.75 Å². The first-order valence-corrected chi connectivity index (χ1v) is 10.4. The predicted octanol–water partition coefficient (Wildman–Crippen LogP) is 3.51. The number of carboxylic acids is 1. The molecule has 2 bridgehead atoms. The summed E-state index contributed by atoms with van der Waals surface area (Å²) in [5.41, 5.74) is 2.65. The number of fused-ring (bicyclic) bond motifs is 4. The molecule has 3 fully saturated rings. The van der Waals surface area contributed by atoms with E-state index >= 15 is 0 Å². The van der Waals surface area contributed by atoms with Crippen LogP contribution in [0, 0.1) is 12.8 Å². The number of amides is 1. The highest BCUT2D eigenvalue weighted by atomic mass is 16.6. The lowest BCUT2D eigenvalue weighted by Gasteiger charge is -2.50. The fourth-order valence-corrected chi connectivity index (χ4v) is 5.46. The van der Waals surface area contributed by atoms with Crippen molar-refractivity contribution in [2.45, 2.75) is 32.4 Å². The molecule has 7 heteroatoms. The summed E-state index contributed by atoms with van der Waals surface area (Å²) in [5, 5.41) is 19.7. The van der Waals surface area contributed by atoms with E-state index < -0.39 is 5.97 Å². The maximum Gasteiger partial charge on any atom is 0.527 e. The summed E-state index contributed by atoms with van der Waals surface area (Å²) in [7, 11) is 0. The maximum absolute atomic E-state index is 13.5. The number of aromatic carboxylic acids is 1. The molecule has 4 heterocycles. The zero-order valence-electron chi connectivity index (χ0n) is 16.9. The molecule has 0 aromatic heterocycles. The van der Waals surface area contributed by atoms with Gasteiger partial charge in [0.15, 0.2) is 11.4 Å². The van der Waals surface area contributed by atoms with E-state index in [0.29, 0.717) is 18.2 Å². The van der Waals surface area contributed by atoms with Gasteiger partial charge in [-0.25, -0.2) is 4.79 Å². The lowest BCUT2D eigenvalue weighted by molar-refractivity contribution is 0.0188. The number of piperidine rings is 3. The quantitative estimate of drug-likeness (QED) is 0.752. The Bertz CT molecular complexity index is 1030. The number of benzene rings is 2. The van der Waals surface area contributed by atoms with Crippen molar-refractivity contribution in [1.29, 1.82) is 0 Å². The number of hydrogen-bond acceptors (Lipinski definition) is 5. The van der Waals surface area contributed by atoms with E-state index in [1.165, 1.54) is 0 Å². The van der Waals surface area contributed by atoms with Crippen molar-refractivity contribution in [1.82, 2.24) is 9.38 Å². The molecule has 0 radical (unpaired) electrons. The monoisotopic (exact) mass is 409 g/mol. The van der Waals surface area contributed by atoms with Crippen LogP contribution in [0.5, 0.6) is 11.5 Å². The first-order valence-electron chi connectivity index (χ1n) is 10.4. The second-order valence-corrected chi connectivity index (χ2v) is 8.73. The van der Waals surface area contributed by atoms with Gasteiger partial charge in [-0.3, -0.25) is 4.90 Å². The number of nitrogens with zero attached hydrogens (tertiary/aromatic N) is 2. The van der Waals surface area contributed by atoms with Gasteiger partial charge in [-0.1, -0.05) is 12.1 Å². The number of phenols is 1. The lowest BCUT2D eigenvalue weighted by atomic mass is 9.81. The average Bonchev–Trinajstić information content (AvgIpc) is 3.02. The number of carbonyl (C=O) groups is 2. The van der Waals surface area contributed by atoms with E-state index in [1.807, 2.05) is 13.0 Å². The Hall–Kier alpha value is -2.90. The van der Waals surface area contributed by atoms with Gasteiger partial charge >= 0.3 is 12.1 Å². The number of phenolic OH excluding ortho intramolecular Hbond substituents is 1. The molecule has 30 heavy (non-hydrogen) atoms. The molecular formula is C23H25N2O5+.